The van der Waals surface area contributed by atoms with Crippen molar-refractivity contribution in [3.8, 4) is 0 Å². The lowest BCUT2D eigenvalue weighted by molar-refractivity contribution is -0.117. The lowest BCUT2D eigenvalue weighted by Gasteiger charge is -2.24. The molecule has 19 heavy (non-hydrogen) atoms. The Morgan fingerprint density at radius 3 is 2.84 bits per heavy atom. The van der Waals surface area contributed by atoms with Gasteiger partial charge >= 0.3 is 0 Å². The summed E-state index contributed by atoms with van der Waals surface area (Å²) in [6.07, 6.45) is 2.11. The number of Topliss-reactive ketones (excluding diaryl/α,β-unsaturated/α-hetero) is 1. The Bertz CT molecular complexity index is 518. The molecule has 0 saturated carbocycles. The van der Waals surface area contributed by atoms with E-state index in [0.29, 0.717) is 23.0 Å². The summed E-state index contributed by atoms with van der Waals surface area (Å²) in [5.74, 6) is -0.574. The summed E-state index contributed by atoms with van der Waals surface area (Å²) in [5.41, 5.74) is 0.330. The Hall–Kier alpha value is -1.23. The fourth-order valence-electron chi connectivity index (χ4n) is 2.44. The molecule has 5 heteroatoms. The smallest absolute Gasteiger partial charge is 0.254 e. The topological polar surface area (TPSA) is 37.4 Å². The molecule has 1 atom stereocenters. The number of likely N-dealkylation sites (tertiary alicyclic amines) is 1. The molecule has 1 saturated heterocycles. The molecular weight excluding hydrogens is 313 g/mol. The first-order valence-electron chi connectivity index (χ1n) is 6.24. The van der Waals surface area contributed by atoms with Crippen molar-refractivity contribution in [2.45, 2.75) is 32.2 Å². The van der Waals surface area contributed by atoms with Gasteiger partial charge in [-0.15, -0.1) is 0 Å². The number of hydrogen-bond acceptors (Lipinski definition) is 2. The van der Waals surface area contributed by atoms with E-state index in [1.54, 1.807) is 11.0 Å². The largest absolute Gasteiger partial charge is 0.335 e. The van der Waals surface area contributed by atoms with Crippen LogP contribution in [0.2, 0.25) is 0 Å². The van der Waals surface area contributed by atoms with Gasteiger partial charge in [0.05, 0.1) is 4.47 Å². The van der Waals surface area contributed by atoms with Crippen molar-refractivity contribution in [3.05, 3.63) is 34.1 Å². The van der Waals surface area contributed by atoms with Gasteiger partial charge in [-0.25, -0.2) is 4.39 Å². The monoisotopic (exact) mass is 327 g/mol. The zero-order valence-electron chi connectivity index (χ0n) is 10.7. The second kappa shape index (κ2) is 5.82. The zero-order chi connectivity index (χ0) is 14.0. The van der Waals surface area contributed by atoms with Crippen LogP contribution in [0.25, 0.3) is 0 Å². The maximum absolute atomic E-state index is 13.5. The van der Waals surface area contributed by atoms with Gasteiger partial charge in [0.1, 0.15) is 11.6 Å². The Morgan fingerprint density at radius 2 is 2.21 bits per heavy atom. The highest BCUT2D eigenvalue weighted by atomic mass is 79.9. The van der Waals surface area contributed by atoms with E-state index in [-0.39, 0.29) is 17.7 Å². The molecule has 1 aliphatic rings. The highest BCUT2D eigenvalue weighted by Gasteiger charge is 2.30. The predicted molar refractivity (Wildman–Crippen MR) is 73.5 cm³/mol. The van der Waals surface area contributed by atoms with Gasteiger partial charge in [-0.05, 0) is 53.9 Å². The van der Waals surface area contributed by atoms with Crippen LogP contribution in [0.3, 0.4) is 0 Å². The molecule has 0 aromatic heterocycles. The highest BCUT2D eigenvalue weighted by Crippen LogP contribution is 2.24. The molecule has 1 heterocycles. The number of benzene rings is 1. The van der Waals surface area contributed by atoms with Crippen molar-refractivity contribution in [3.63, 3.8) is 0 Å². The lowest BCUT2D eigenvalue weighted by Crippen LogP contribution is -2.36. The minimum Gasteiger partial charge on any atom is -0.335 e. The summed E-state index contributed by atoms with van der Waals surface area (Å²) in [4.78, 5) is 25.2. The predicted octanol–water partition coefficient (Wildman–Crippen LogP) is 3.17. The molecule has 1 aliphatic heterocycles. The molecule has 0 spiro atoms. The van der Waals surface area contributed by atoms with E-state index >= 15 is 0 Å². The number of halogens is 2. The van der Waals surface area contributed by atoms with E-state index in [1.165, 1.54) is 19.1 Å². The summed E-state index contributed by atoms with van der Waals surface area (Å²) in [6, 6.07) is 4.31. The molecule has 1 aromatic carbocycles. The van der Waals surface area contributed by atoms with Crippen LogP contribution in [-0.2, 0) is 4.79 Å². The third-order valence-corrected chi connectivity index (χ3v) is 3.97. The highest BCUT2D eigenvalue weighted by molar-refractivity contribution is 9.10. The van der Waals surface area contributed by atoms with Gasteiger partial charge in [0.2, 0.25) is 0 Å². The van der Waals surface area contributed by atoms with E-state index in [1.807, 2.05) is 0 Å². The summed E-state index contributed by atoms with van der Waals surface area (Å²) < 4.78 is 13.8. The van der Waals surface area contributed by atoms with Crippen LogP contribution in [0, 0.1) is 5.82 Å². The Balaban J connectivity index is 2.18. The third-order valence-electron chi connectivity index (χ3n) is 3.33. The molecule has 0 aliphatic carbocycles. The molecule has 3 nitrogen and oxygen atoms in total. The van der Waals surface area contributed by atoms with Crippen LogP contribution in [0.4, 0.5) is 4.39 Å². The molecule has 1 amide bonds. The summed E-state index contributed by atoms with van der Waals surface area (Å²) >= 11 is 3.06. The second-order valence-electron chi connectivity index (χ2n) is 4.83. The van der Waals surface area contributed by atoms with Crippen LogP contribution in [0.1, 0.15) is 36.5 Å². The van der Waals surface area contributed by atoms with Crippen LogP contribution < -0.4 is 0 Å². The molecule has 0 radical (unpaired) electrons. The lowest BCUT2D eigenvalue weighted by atomic mass is 10.1. The van der Waals surface area contributed by atoms with Crippen molar-refractivity contribution >= 4 is 27.6 Å². The molecule has 1 unspecified atom stereocenters. The van der Waals surface area contributed by atoms with Crippen LogP contribution in [-0.4, -0.2) is 29.2 Å². The van der Waals surface area contributed by atoms with Crippen LogP contribution in [0.5, 0.6) is 0 Å². The zero-order valence-corrected chi connectivity index (χ0v) is 12.2. The number of nitrogens with zero attached hydrogens (tertiary/aromatic N) is 1. The van der Waals surface area contributed by atoms with Crippen LogP contribution >= 0.6 is 15.9 Å². The number of hydrogen-bond donors (Lipinski definition) is 0. The van der Waals surface area contributed by atoms with Gasteiger partial charge in [-0.1, -0.05) is 0 Å². The average Bonchev–Trinajstić information content (AvgIpc) is 2.79. The van der Waals surface area contributed by atoms with Gasteiger partial charge in [0, 0.05) is 24.6 Å². The quantitative estimate of drug-likeness (QED) is 0.855. The average molecular weight is 328 g/mol. The molecule has 0 bridgehead atoms. The fourth-order valence-corrected chi connectivity index (χ4v) is 2.69. The van der Waals surface area contributed by atoms with E-state index in [9.17, 15) is 14.0 Å². The fraction of sp³-hybridized carbons (Fsp3) is 0.429. The number of carbonyl (C=O) groups is 2. The maximum Gasteiger partial charge on any atom is 0.254 e. The Labute approximate surface area is 119 Å². The van der Waals surface area contributed by atoms with Gasteiger partial charge < -0.3 is 4.90 Å². The molecular formula is C14H15BrFNO2. The molecule has 102 valence electrons. The van der Waals surface area contributed by atoms with Gasteiger partial charge in [-0.2, -0.15) is 0 Å². The van der Waals surface area contributed by atoms with E-state index < -0.39 is 5.82 Å². The van der Waals surface area contributed by atoms with E-state index in [2.05, 4.69) is 15.9 Å². The van der Waals surface area contributed by atoms with Crippen LogP contribution in [0.15, 0.2) is 22.7 Å². The first-order valence-corrected chi connectivity index (χ1v) is 7.04. The first kappa shape index (κ1) is 14.2. The summed E-state index contributed by atoms with van der Waals surface area (Å²) in [5, 5.41) is 0. The second-order valence-corrected chi connectivity index (χ2v) is 5.68. The van der Waals surface area contributed by atoms with Gasteiger partial charge in [0.25, 0.3) is 5.91 Å². The number of amides is 1. The van der Waals surface area contributed by atoms with Crippen molar-refractivity contribution in [2.24, 2.45) is 0 Å². The van der Waals surface area contributed by atoms with Crippen molar-refractivity contribution < 1.29 is 14.0 Å². The van der Waals surface area contributed by atoms with Gasteiger partial charge in [-0.3, -0.25) is 9.59 Å². The number of carbonyl (C=O) groups excluding carboxylic acids is 2. The van der Waals surface area contributed by atoms with Crippen molar-refractivity contribution in [1.82, 2.24) is 4.90 Å². The van der Waals surface area contributed by atoms with Gasteiger partial charge in [0.15, 0.2) is 0 Å². The van der Waals surface area contributed by atoms with Crippen molar-refractivity contribution in [2.75, 3.05) is 6.54 Å². The van der Waals surface area contributed by atoms with E-state index in [0.717, 1.165) is 12.8 Å². The standard InChI is InChI=1S/C14H15BrFNO2/c1-9(18)7-11-3-2-6-17(11)14(19)10-4-5-12(15)13(16)8-10/h4-5,8,11H,2-3,6-7H2,1H3. The minimum absolute atomic E-state index is 0.0447. The summed E-state index contributed by atoms with van der Waals surface area (Å²) in [6.45, 7) is 2.16. The Kier molecular flexibility index (Phi) is 4.34. The third kappa shape index (κ3) is 3.21. The molecule has 1 aromatic rings. The number of rotatable bonds is 3. The SMILES string of the molecule is CC(=O)CC1CCCN1C(=O)c1ccc(Br)c(F)c1. The number of ketones is 1. The molecule has 2 rings (SSSR count). The first-order chi connectivity index (χ1) is 8.99. The molecule has 0 N–H and O–H groups in total. The van der Waals surface area contributed by atoms with Crippen molar-refractivity contribution in [1.29, 1.82) is 0 Å². The minimum atomic E-state index is -0.451. The maximum atomic E-state index is 13.5. The Morgan fingerprint density at radius 1 is 1.47 bits per heavy atom. The summed E-state index contributed by atoms with van der Waals surface area (Å²) in [7, 11) is 0. The van der Waals surface area contributed by atoms with E-state index in [4.69, 9.17) is 0 Å². The normalized spacial score (nSPS) is 18.7. The molecule has 1 fully saturated rings.